The van der Waals surface area contributed by atoms with Crippen molar-refractivity contribution in [3.8, 4) is 0 Å². The maximum atomic E-state index is 13.0. The van der Waals surface area contributed by atoms with Crippen LogP contribution in [-0.4, -0.2) is 18.0 Å². The summed E-state index contributed by atoms with van der Waals surface area (Å²) in [5.74, 6) is 1.51. The average Bonchev–Trinajstić information content (AvgIpc) is 3.27. The quantitative estimate of drug-likeness (QED) is 0.121. The van der Waals surface area contributed by atoms with Crippen LogP contribution in [0, 0.1) is 44.6 Å². The number of aromatic nitrogens is 1. The molecule has 6 nitrogen and oxygen atoms in total. The minimum Gasteiger partial charge on any atom is -0.619 e. The van der Waals surface area contributed by atoms with Gasteiger partial charge in [-0.05, 0) is 118 Å². The lowest BCUT2D eigenvalue weighted by atomic mass is 9.43. The van der Waals surface area contributed by atoms with Gasteiger partial charge in [0, 0.05) is 30.0 Å². The number of amides is 1. The summed E-state index contributed by atoms with van der Waals surface area (Å²) in [6.07, 6.45) is 17.2. The second-order valence-electron chi connectivity index (χ2n) is 16.9. The molecular formula is C40H60N2O4. The van der Waals surface area contributed by atoms with E-state index < -0.39 is 0 Å². The van der Waals surface area contributed by atoms with Crippen LogP contribution in [0.15, 0.2) is 47.3 Å². The third-order valence-electron chi connectivity index (χ3n) is 13.8. The third-order valence-corrected chi connectivity index (χ3v) is 13.8. The van der Waals surface area contributed by atoms with Crippen molar-refractivity contribution in [2.24, 2.45) is 39.4 Å². The molecule has 0 aliphatic heterocycles. The van der Waals surface area contributed by atoms with E-state index in [4.69, 9.17) is 4.74 Å². The fourth-order valence-corrected chi connectivity index (χ4v) is 11.0. The van der Waals surface area contributed by atoms with Crippen LogP contribution in [0.25, 0.3) is 0 Å². The fourth-order valence-electron chi connectivity index (χ4n) is 11.0. The van der Waals surface area contributed by atoms with E-state index in [2.05, 4.69) is 66.8 Å². The summed E-state index contributed by atoms with van der Waals surface area (Å²) in [6, 6.07) is 3.44. The average molecular weight is 633 g/mol. The van der Waals surface area contributed by atoms with Crippen molar-refractivity contribution >= 4 is 11.9 Å². The predicted molar refractivity (Wildman–Crippen MR) is 183 cm³/mol. The summed E-state index contributed by atoms with van der Waals surface area (Å²) in [6.45, 7) is 19.7. The van der Waals surface area contributed by atoms with Crippen molar-refractivity contribution in [1.29, 1.82) is 0 Å². The highest BCUT2D eigenvalue weighted by molar-refractivity contribution is 5.81. The molecule has 0 spiro atoms. The van der Waals surface area contributed by atoms with Gasteiger partial charge in [-0.3, -0.25) is 9.59 Å². The lowest BCUT2D eigenvalue weighted by Gasteiger charge is -2.62. The van der Waals surface area contributed by atoms with E-state index >= 15 is 0 Å². The molecule has 1 N–H and O–H groups in total. The maximum absolute atomic E-state index is 13.0. The minimum atomic E-state index is -0.290. The van der Waals surface area contributed by atoms with Crippen LogP contribution in [0.5, 0.6) is 0 Å². The Morgan fingerprint density at radius 2 is 1.80 bits per heavy atom. The van der Waals surface area contributed by atoms with Gasteiger partial charge in [0.2, 0.25) is 5.91 Å². The molecule has 4 aliphatic rings. The largest absolute Gasteiger partial charge is 0.619 e. The van der Waals surface area contributed by atoms with E-state index in [1.807, 2.05) is 0 Å². The number of hydrogen-bond donors (Lipinski definition) is 1. The summed E-state index contributed by atoms with van der Waals surface area (Å²) >= 11 is 0. The zero-order valence-corrected chi connectivity index (χ0v) is 30.0. The number of hydrogen-bond acceptors (Lipinski definition) is 4. The Kier molecular flexibility index (Phi) is 9.89. The molecule has 0 bridgehead atoms. The smallest absolute Gasteiger partial charge is 0.306 e. The first-order valence-corrected chi connectivity index (χ1v) is 18.1. The molecule has 1 aromatic heterocycles. The molecule has 1 amide bonds. The normalized spacial score (nSPS) is 33.7. The molecule has 0 aromatic carbocycles. The Morgan fingerprint density at radius 1 is 1.04 bits per heavy atom. The first-order chi connectivity index (χ1) is 21.6. The molecule has 2 fully saturated rings. The van der Waals surface area contributed by atoms with Crippen LogP contribution < -0.4 is 10.0 Å². The number of rotatable bonds is 10. The SMILES string of the molecule is CC(C)=CCC[C@@H](C)[C@H]1CC[C@@]2(C)C3=C(CC[C@]12C)[C@@]1(C)CC[C@H](OC(=O)CCC(=O)NCc2ccc[n+]([O-])c2)C(C)(C)[C@@H]1CC3. The molecule has 46 heavy (non-hydrogen) atoms. The van der Waals surface area contributed by atoms with Crippen LogP contribution >= 0.6 is 0 Å². The molecule has 254 valence electrons. The second kappa shape index (κ2) is 13.1. The van der Waals surface area contributed by atoms with E-state index in [9.17, 15) is 14.8 Å². The lowest BCUT2D eigenvalue weighted by molar-refractivity contribution is -0.605. The van der Waals surface area contributed by atoms with Gasteiger partial charge in [-0.15, -0.1) is 0 Å². The summed E-state index contributed by atoms with van der Waals surface area (Å²) in [5, 5.41) is 14.3. The van der Waals surface area contributed by atoms with Crippen molar-refractivity contribution in [3.05, 3.63) is 58.1 Å². The van der Waals surface area contributed by atoms with E-state index in [0.29, 0.717) is 16.1 Å². The molecule has 2 saturated carbocycles. The number of pyridine rings is 1. The van der Waals surface area contributed by atoms with Crippen molar-refractivity contribution in [2.45, 2.75) is 145 Å². The molecule has 7 atom stereocenters. The molecule has 0 unspecified atom stereocenters. The minimum absolute atomic E-state index is 0.0663. The number of nitrogens with one attached hydrogen (secondary N) is 1. The van der Waals surface area contributed by atoms with Crippen LogP contribution in [0.1, 0.15) is 138 Å². The zero-order valence-electron chi connectivity index (χ0n) is 30.0. The molecule has 5 rings (SSSR count). The summed E-state index contributed by atoms with van der Waals surface area (Å²) < 4.78 is 6.89. The zero-order chi connectivity index (χ0) is 33.5. The Morgan fingerprint density at radius 3 is 2.52 bits per heavy atom. The molecule has 4 aliphatic carbocycles. The van der Waals surface area contributed by atoms with Crippen LogP contribution in [0.3, 0.4) is 0 Å². The van der Waals surface area contributed by atoms with Gasteiger partial charge in [-0.1, -0.05) is 64.3 Å². The maximum Gasteiger partial charge on any atom is 0.306 e. The Hall–Kier alpha value is -2.63. The Bertz CT molecular complexity index is 1370. The summed E-state index contributed by atoms with van der Waals surface area (Å²) in [5.41, 5.74) is 6.39. The van der Waals surface area contributed by atoms with E-state index in [-0.39, 0.29) is 53.6 Å². The Balaban J connectivity index is 1.22. The number of nitrogens with zero attached hydrogens (tertiary/aromatic N) is 1. The second-order valence-corrected chi connectivity index (χ2v) is 16.9. The Labute approximate surface area is 278 Å². The van der Waals surface area contributed by atoms with E-state index in [1.165, 1.54) is 62.9 Å². The van der Waals surface area contributed by atoms with Gasteiger partial charge in [0.1, 0.15) is 6.10 Å². The standard InChI is InChI=1S/C40H60N2O4/c1-27(2)11-9-12-28(3)30-18-22-40(8)32-14-15-33-37(4,5)34(20-21-38(33,6)31(32)19-23-39(30,40)7)46-36(44)17-16-35(43)41-25-29-13-10-24-42(45)26-29/h10-11,13,24,26,28,30,33-34H,9,12,14-23,25H2,1-8H3,(H,41,43)/t28-,30-,33+,34+,38-,39-,40+/m1/s1. The van der Waals surface area contributed by atoms with Gasteiger partial charge < -0.3 is 15.3 Å². The molecule has 1 heterocycles. The third kappa shape index (κ3) is 6.31. The summed E-state index contributed by atoms with van der Waals surface area (Å²) in [4.78, 5) is 25.5. The van der Waals surface area contributed by atoms with Gasteiger partial charge >= 0.3 is 5.97 Å². The van der Waals surface area contributed by atoms with Crippen molar-refractivity contribution in [1.82, 2.24) is 5.32 Å². The van der Waals surface area contributed by atoms with Gasteiger partial charge in [0.05, 0.1) is 6.42 Å². The van der Waals surface area contributed by atoms with E-state index in [1.54, 1.807) is 23.3 Å². The van der Waals surface area contributed by atoms with Gasteiger partial charge in [0.25, 0.3) is 0 Å². The highest BCUT2D eigenvalue weighted by Gasteiger charge is 2.63. The van der Waals surface area contributed by atoms with Crippen molar-refractivity contribution in [2.75, 3.05) is 0 Å². The monoisotopic (exact) mass is 632 g/mol. The van der Waals surface area contributed by atoms with Crippen LogP contribution in [-0.2, 0) is 20.9 Å². The molecule has 0 radical (unpaired) electrons. The van der Waals surface area contributed by atoms with Crippen LogP contribution in [0.4, 0.5) is 0 Å². The number of carbonyl (C=O) groups excluding carboxylic acids is 2. The molecule has 0 saturated heterocycles. The van der Waals surface area contributed by atoms with E-state index in [0.717, 1.165) is 36.7 Å². The fraction of sp³-hybridized carbons (Fsp3) is 0.725. The number of allylic oxidation sites excluding steroid dienone is 4. The van der Waals surface area contributed by atoms with Crippen LogP contribution in [0.2, 0.25) is 0 Å². The number of carbonyl (C=O) groups is 2. The highest BCUT2D eigenvalue weighted by atomic mass is 16.5. The molecule has 6 heteroatoms. The molecule has 1 aromatic rings. The van der Waals surface area contributed by atoms with Gasteiger partial charge in [-0.2, -0.15) is 4.73 Å². The first-order valence-electron chi connectivity index (χ1n) is 18.1. The van der Waals surface area contributed by atoms with Crippen molar-refractivity contribution in [3.63, 3.8) is 0 Å². The number of fused-ring (bicyclic) bond motifs is 4. The predicted octanol–water partition coefficient (Wildman–Crippen LogP) is 8.76. The van der Waals surface area contributed by atoms with Crippen molar-refractivity contribution < 1.29 is 19.1 Å². The lowest BCUT2D eigenvalue weighted by Crippen LogP contribution is -2.55. The van der Waals surface area contributed by atoms with Gasteiger partial charge in [0.15, 0.2) is 12.4 Å². The van der Waals surface area contributed by atoms with Gasteiger partial charge in [-0.25, -0.2) is 0 Å². The number of esters is 1. The number of ether oxygens (including phenoxy) is 1. The summed E-state index contributed by atoms with van der Waals surface area (Å²) in [7, 11) is 0. The highest BCUT2D eigenvalue weighted by Crippen LogP contribution is 2.72. The topological polar surface area (TPSA) is 82.3 Å². The molecular weight excluding hydrogens is 572 g/mol. The first kappa shape index (κ1) is 34.7.